The Morgan fingerprint density at radius 1 is 1.57 bits per heavy atom. The van der Waals surface area contributed by atoms with Gasteiger partial charge in [-0.25, -0.2) is 0 Å². The normalized spacial score (nSPS) is 19.8. The molecule has 2 rings (SSSR count). The van der Waals surface area contributed by atoms with Crippen molar-refractivity contribution in [1.29, 1.82) is 0 Å². The third-order valence-corrected chi connectivity index (χ3v) is 4.33. The van der Waals surface area contributed by atoms with Crippen LogP contribution >= 0.6 is 11.3 Å². The quantitative estimate of drug-likeness (QED) is 0.855. The molecule has 1 aliphatic heterocycles. The summed E-state index contributed by atoms with van der Waals surface area (Å²) in [5.41, 5.74) is 0. The van der Waals surface area contributed by atoms with Gasteiger partial charge in [-0.1, -0.05) is 13.0 Å². The highest BCUT2D eigenvalue weighted by molar-refractivity contribution is 7.12. The van der Waals surface area contributed by atoms with Crippen LogP contribution in [0, 0.1) is 0 Å². The van der Waals surface area contributed by atoms with Gasteiger partial charge < -0.3 is 15.5 Å². The molecule has 1 aliphatic rings. The van der Waals surface area contributed by atoms with Crippen LogP contribution in [0.5, 0.6) is 0 Å². The van der Waals surface area contributed by atoms with Gasteiger partial charge in [-0.3, -0.25) is 14.4 Å². The van der Waals surface area contributed by atoms with Gasteiger partial charge in [0.2, 0.25) is 11.8 Å². The Hall–Kier alpha value is -1.89. The molecule has 0 bridgehead atoms. The standard InChI is InChI=1S/C14H19N3O3S/c1-3-10-12(18)15-6-7-17(10)14(20)9(2)16-13(19)11-5-4-8-21-11/h4-5,8-10H,3,6-7H2,1-2H3,(H,15,18)(H,16,19). The van der Waals surface area contributed by atoms with Gasteiger partial charge in [-0.2, -0.15) is 0 Å². The molecule has 0 radical (unpaired) electrons. The summed E-state index contributed by atoms with van der Waals surface area (Å²) in [6, 6.07) is 2.39. The molecule has 1 aromatic rings. The first kappa shape index (κ1) is 15.5. The number of carbonyl (C=O) groups is 3. The van der Waals surface area contributed by atoms with Crippen molar-refractivity contribution in [3.63, 3.8) is 0 Å². The SMILES string of the molecule is CCC1C(=O)NCCN1C(=O)C(C)NC(=O)c1cccs1. The molecule has 2 unspecified atom stereocenters. The zero-order valence-electron chi connectivity index (χ0n) is 12.1. The minimum absolute atomic E-state index is 0.131. The van der Waals surface area contributed by atoms with E-state index in [1.54, 1.807) is 24.0 Å². The summed E-state index contributed by atoms with van der Waals surface area (Å²) in [6.07, 6.45) is 0.559. The topological polar surface area (TPSA) is 78.5 Å². The molecule has 1 aromatic heterocycles. The number of carbonyl (C=O) groups excluding carboxylic acids is 3. The highest BCUT2D eigenvalue weighted by atomic mass is 32.1. The van der Waals surface area contributed by atoms with Gasteiger partial charge in [-0.05, 0) is 24.8 Å². The summed E-state index contributed by atoms with van der Waals surface area (Å²) >= 11 is 1.32. The number of piperazine rings is 1. The summed E-state index contributed by atoms with van der Waals surface area (Å²) in [5.74, 6) is -0.615. The van der Waals surface area contributed by atoms with Crippen LogP contribution in [0.1, 0.15) is 29.9 Å². The molecule has 0 aliphatic carbocycles. The average molecular weight is 309 g/mol. The number of hydrogen-bond acceptors (Lipinski definition) is 4. The maximum atomic E-state index is 12.5. The largest absolute Gasteiger partial charge is 0.353 e. The lowest BCUT2D eigenvalue weighted by Gasteiger charge is -2.36. The zero-order chi connectivity index (χ0) is 15.4. The number of rotatable bonds is 4. The molecule has 21 heavy (non-hydrogen) atoms. The fourth-order valence-electron chi connectivity index (χ4n) is 2.37. The van der Waals surface area contributed by atoms with Crippen LogP contribution in [0.25, 0.3) is 0 Å². The molecule has 7 heteroatoms. The van der Waals surface area contributed by atoms with Gasteiger partial charge >= 0.3 is 0 Å². The number of hydrogen-bond donors (Lipinski definition) is 2. The van der Waals surface area contributed by atoms with Crippen LogP contribution in [0.2, 0.25) is 0 Å². The lowest BCUT2D eigenvalue weighted by Crippen LogP contribution is -2.60. The zero-order valence-corrected chi connectivity index (χ0v) is 12.9. The third kappa shape index (κ3) is 3.41. The van der Waals surface area contributed by atoms with Gasteiger partial charge in [0.15, 0.2) is 0 Å². The van der Waals surface area contributed by atoms with Crippen molar-refractivity contribution in [2.24, 2.45) is 0 Å². The van der Waals surface area contributed by atoms with Crippen molar-refractivity contribution in [1.82, 2.24) is 15.5 Å². The monoisotopic (exact) mass is 309 g/mol. The van der Waals surface area contributed by atoms with Crippen LogP contribution < -0.4 is 10.6 Å². The minimum atomic E-state index is -0.653. The van der Waals surface area contributed by atoms with Gasteiger partial charge in [0.1, 0.15) is 12.1 Å². The molecule has 3 amide bonds. The lowest BCUT2D eigenvalue weighted by atomic mass is 10.1. The molecule has 0 spiro atoms. The predicted molar refractivity (Wildman–Crippen MR) is 80.0 cm³/mol. The summed E-state index contributed by atoms with van der Waals surface area (Å²) < 4.78 is 0. The Labute approximate surface area is 127 Å². The molecule has 1 saturated heterocycles. The van der Waals surface area contributed by atoms with E-state index in [4.69, 9.17) is 0 Å². The van der Waals surface area contributed by atoms with Crippen molar-refractivity contribution < 1.29 is 14.4 Å². The van der Waals surface area contributed by atoms with Crippen molar-refractivity contribution in [2.75, 3.05) is 13.1 Å². The first-order chi connectivity index (χ1) is 10.0. The first-order valence-electron chi connectivity index (χ1n) is 6.97. The molecule has 2 atom stereocenters. The van der Waals surface area contributed by atoms with E-state index in [0.717, 1.165) is 0 Å². The second-order valence-corrected chi connectivity index (χ2v) is 5.87. The van der Waals surface area contributed by atoms with Gasteiger partial charge in [0.25, 0.3) is 5.91 Å². The first-order valence-corrected chi connectivity index (χ1v) is 7.85. The fourth-order valence-corrected chi connectivity index (χ4v) is 3.00. The number of nitrogens with one attached hydrogen (secondary N) is 2. The summed E-state index contributed by atoms with van der Waals surface area (Å²) in [4.78, 5) is 38.3. The molecule has 2 heterocycles. The van der Waals surface area contributed by atoms with Gasteiger partial charge in [0, 0.05) is 13.1 Å². The van der Waals surface area contributed by atoms with Gasteiger partial charge in [-0.15, -0.1) is 11.3 Å². The highest BCUT2D eigenvalue weighted by Gasteiger charge is 2.34. The molecule has 0 saturated carbocycles. The molecule has 114 valence electrons. The average Bonchev–Trinajstić information content (AvgIpc) is 3.00. The predicted octanol–water partition coefficient (Wildman–Crippen LogP) is 0.603. The van der Waals surface area contributed by atoms with Crippen LogP contribution in [0.15, 0.2) is 17.5 Å². The smallest absolute Gasteiger partial charge is 0.261 e. The number of amides is 3. The maximum Gasteiger partial charge on any atom is 0.261 e. The lowest BCUT2D eigenvalue weighted by molar-refractivity contribution is -0.144. The van der Waals surface area contributed by atoms with Crippen LogP contribution in [-0.2, 0) is 9.59 Å². The Bertz CT molecular complexity index is 530. The maximum absolute atomic E-state index is 12.5. The molecule has 2 N–H and O–H groups in total. The molecule has 0 aromatic carbocycles. The van der Waals surface area contributed by atoms with E-state index in [0.29, 0.717) is 24.4 Å². The summed E-state index contributed by atoms with van der Waals surface area (Å²) in [6.45, 7) is 4.44. The van der Waals surface area contributed by atoms with E-state index in [1.807, 2.05) is 12.3 Å². The van der Waals surface area contributed by atoms with Crippen molar-refractivity contribution in [2.45, 2.75) is 32.4 Å². The van der Waals surface area contributed by atoms with Gasteiger partial charge in [0.05, 0.1) is 4.88 Å². The molecule has 6 nitrogen and oxygen atoms in total. The Morgan fingerprint density at radius 2 is 2.33 bits per heavy atom. The Balaban J connectivity index is 2.01. The number of thiophene rings is 1. The van der Waals surface area contributed by atoms with E-state index >= 15 is 0 Å². The van der Waals surface area contributed by atoms with E-state index in [2.05, 4.69) is 10.6 Å². The molecular formula is C14H19N3O3S. The minimum Gasteiger partial charge on any atom is -0.353 e. The van der Waals surface area contributed by atoms with E-state index in [9.17, 15) is 14.4 Å². The van der Waals surface area contributed by atoms with E-state index in [-0.39, 0.29) is 17.7 Å². The highest BCUT2D eigenvalue weighted by Crippen LogP contribution is 2.12. The molecular weight excluding hydrogens is 290 g/mol. The van der Waals surface area contributed by atoms with Crippen LogP contribution in [-0.4, -0.2) is 47.8 Å². The fraction of sp³-hybridized carbons (Fsp3) is 0.500. The van der Waals surface area contributed by atoms with Crippen molar-refractivity contribution >= 4 is 29.1 Å². The number of nitrogens with zero attached hydrogens (tertiary/aromatic N) is 1. The van der Waals surface area contributed by atoms with E-state index in [1.165, 1.54) is 11.3 Å². The van der Waals surface area contributed by atoms with Crippen LogP contribution in [0.3, 0.4) is 0 Å². The van der Waals surface area contributed by atoms with Crippen LogP contribution in [0.4, 0.5) is 0 Å². The van der Waals surface area contributed by atoms with Crippen molar-refractivity contribution in [3.05, 3.63) is 22.4 Å². The second-order valence-electron chi connectivity index (χ2n) is 4.92. The second kappa shape index (κ2) is 6.71. The summed E-state index contributed by atoms with van der Waals surface area (Å²) in [7, 11) is 0. The molecule has 1 fully saturated rings. The third-order valence-electron chi connectivity index (χ3n) is 3.46. The van der Waals surface area contributed by atoms with E-state index < -0.39 is 12.1 Å². The Morgan fingerprint density at radius 3 is 2.95 bits per heavy atom. The Kier molecular flexibility index (Phi) is 4.95. The summed E-state index contributed by atoms with van der Waals surface area (Å²) in [5, 5.41) is 7.25. The van der Waals surface area contributed by atoms with Crippen molar-refractivity contribution in [3.8, 4) is 0 Å².